The summed E-state index contributed by atoms with van der Waals surface area (Å²) < 4.78 is 0. The summed E-state index contributed by atoms with van der Waals surface area (Å²) >= 11 is 13.8. The second-order valence-electron chi connectivity index (χ2n) is 7.16. The minimum absolute atomic E-state index is 0.0426. The molecule has 0 radical (unpaired) electrons. The molecule has 0 bridgehead atoms. The van der Waals surface area contributed by atoms with Crippen LogP contribution in [0.5, 0.6) is 0 Å². The Morgan fingerprint density at radius 2 is 2.04 bits per heavy atom. The van der Waals surface area contributed by atoms with E-state index >= 15 is 0 Å². The number of amides is 2. The van der Waals surface area contributed by atoms with Gasteiger partial charge in [-0.25, -0.2) is 0 Å². The van der Waals surface area contributed by atoms with Gasteiger partial charge in [0.25, 0.3) is 5.91 Å². The number of carbonyl (C=O) groups is 2. The van der Waals surface area contributed by atoms with Gasteiger partial charge in [-0.15, -0.1) is 11.3 Å². The second kappa shape index (κ2) is 8.63. The van der Waals surface area contributed by atoms with E-state index in [0.29, 0.717) is 30.1 Å². The zero-order chi connectivity index (χ0) is 19.6. The van der Waals surface area contributed by atoms with Crippen molar-refractivity contribution in [2.45, 2.75) is 39.3 Å². The minimum Gasteiger partial charge on any atom is -0.340 e. The van der Waals surface area contributed by atoms with E-state index in [2.05, 4.69) is 16.8 Å². The van der Waals surface area contributed by atoms with Crippen molar-refractivity contribution >= 4 is 46.4 Å². The van der Waals surface area contributed by atoms with Crippen LogP contribution in [0, 0.1) is 5.92 Å². The molecule has 27 heavy (non-hydrogen) atoms. The number of fused-ring (bicyclic) bond motifs is 1. The first-order chi connectivity index (χ1) is 12.8. The normalized spacial score (nSPS) is 14.8. The number of hydrogen-bond acceptors (Lipinski definition) is 3. The van der Waals surface area contributed by atoms with Crippen molar-refractivity contribution in [2.24, 2.45) is 5.92 Å². The molecule has 2 amide bonds. The first-order valence-electron chi connectivity index (χ1n) is 8.95. The molecule has 4 nitrogen and oxygen atoms in total. The van der Waals surface area contributed by atoms with Crippen molar-refractivity contribution < 1.29 is 9.59 Å². The maximum absolute atomic E-state index is 13.1. The largest absolute Gasteiger partial charge is 0.340 e. The van der Waals surface area contributed by atoms with E-state index in [1.54, 1.807) is 23.5 Å². The van der Waals surface area contributed by atoms with Gasteiger partial charge in [0, 0.05) is 23.0 Å². The Morgan fingerprint density at radius 1 is 1.26 bits per heavy atom. The van der Waals surface area contributed by atoms with Crippen LogP contribution in [0.2, 0.25) is 10.0 Å². The highest BCUT2D eigenvalue weighted by Crippen LogP contribution is 2.25. The van der Waals surface area contributed by atoms with E-state index in [1.165, 1.54) is 16.5 Å². The molecule has 0 aliphatic carbocycles. The molecular formula is C20H22Cl2N2O2S. The third kappa shape index (κ3) is 4.84. The molecule has 144 valence electrons. The molecule has 0 fully saturated rings. The molecule has 1 aliphatic rings. The highest BCUT2D eigenvalue weighted by atomic mass is 35.5. The maximum atomic E-state index is 13.1. The number of benzene rings is 1. The fourth-order valence-corrected chi connectivity index (χ4v) is 4.64. The van der Waals surface area contributed by atoms with Crippen LogP contribution in [0.15, 0.2) is 29.6 Å². The SMILES string of the molecule is CC(C)CC(NC(=O)c1ccc(Cl)cc1Cl)C(=O)N1CCc2sccc2C1. The Morgan fingerprint density at radius 3 is 2.74 bits per heavy atom. The van der Waals surface area contributed by atoms with Crippen LogP contribution in [0.4, 0.5) is 0 Å². The van der Waals surface area contributed by atoms with E-state index in [-0.39, 0.29) is 22.8 Å². The van der Waals surface area contributed by atoms with Gasteiger partial charge in [0.1, 0.15) is 6.04 Å². The fourth-order valence-electron chi connectivity index (χ4n) is 3.26. The molecule has 2 aromatic rings. The van der Waals surface area contributed by atoms with Crippen molar-refractivity contribution in [3.05, 3.63) is 55.7 Å². The van der Waals surface area contributed by atoms with Gasteiger partial charge in [0.2, 0.25) is 5.91 Å². The third-order valence-electron chi connectivity index (χ3n) is 4.61. The monoisotopic (exact) mass is 424 g/mol. The number of hydrogen-bond donors (Lipinski definition) is 1. The molecule has 0 saturated carbocycles. The van der Waals surface area contributed by atoms with Gasteiger partial charge >= 0.3 is 0 Å². The van der Waals surface area contributed by atoms with Crippen LogP contribution in [-0.2, 0) is 17.8 Å². The zero-order valence-corrected chi connectivity index (χ0v) is 17.6. The van der Waals surface area contributed by atoms with Gasteiger partial charge in [0.05, 0.1) is 10.6 Å². The molecule has 0 saturated heterocycles. The Hall–Kier alpha value is -1.56. The molecular weight excluding hydrogens is 403 g/mol. The first kappa shape index (κ1) is 20.2. The van der Waals surface area contributed by atoms with Crippen molar-refractivity contribution in [3.63, 3.8) is 0 Å². The molecule has 1 atom stereocenters. The summed E-state index contributed by atoms with van der Waals surface area (Å²) in [6.45, 7) is 5.35. The molecule has 7 heteroatoms. The minimum atomic E-state index is -0.579. The average Bonchev–Trinajstić information content (AvgIpc) is 3.07. The van der Waals surface area contributed by atoms with Gasteiger partial charge in [-0.1, -0.05) is 37.0 Å². The summed E-state index contributed by atoms with van der Waals surface area (Å²) in [6.07, 6.45) is 1.44. The number of rotatable bonds is 5. The van der Waals surface area contributed by atoms with Crippen LogP contribution in [-0.4, -0.2) is 29.3 Å². The summed E-state index contributed by atoms with van der Waals surface area (Å²) in [4.78, 5) is 29.0. The lowest BCUT2D eigenvalue weighted by molar-refractivity contribution is -0.134. The Kier molecular flexibility index (Phi) is 6.45. The summed E-state index contributed by atoms with van der Waals surface area (Å²) in [6, 6.07) is 6.22. The van der Waals surface area contributed by atoms with Gasteiger partial charge in [-0.05, 0) is 54.0 Å². The van der Waals surface area contributed by atoms with Crippen LogP contribution >= 0.6 is 34.5 Å². The van der Waals surface area contributed by atoms with E-state index in [1.807, 2.05) is 18.7 Å². The smallest absolute Gasteiger partial charge is 0.253 e. The fraction of sp³-hybridized carbons (Fsp3) is 0.400. The summed E-state index contributed by atoms with van der Waals surface area (Å²) in [5.74, 6) is -0.135. The number of thiophene rings is 1. The number of halogens is 2. The Balaban J connectivity index is 1.75. The number of nitrogens with zero attached hydrogens (tertiary/aromatic N) is 1. The van der Waals surface area contributed by atoms with Crippen LogP contribution in [0.25, 0.3) is 0 Å². The molecule has 1 N–H and O–H groups in total. The van der Waals surface area contributed by atoms with E-state index in [4.69, 9.17) is 23.2 Å². The third-order valence-corrected chi connectivity index (χ3v) is 6.18. The summed E-state index contributed by atoms with van der Waals surface area (Å²) in [7, 11) is 0. The second-order valence-corrected chi connectivity index (χ2v) is 9.00. The van der Waals surface area contributed by atoms with E-state index in [0.717, 1.165) is 6.42 Å². The average molecular weight is 425 g/mol. The van der Waals surface area contributed by atoms with Gasteiger partial charge in [-0.3, -0.25) is 9.59 Å². The Labute approximate surface area is 173 Å². The predicted molar refractivity (Wildman–Crippen MR) is 111 cm³/mol. The summed E-state index contributed by atoms with van der Waals surface area (Å²) in [5, 5.41) is 5.69. The Bertz CT molecular complexity index is 850. The molecule has 1 unspecified atom stereocenters. The number of carbonyl (C=O) groups excluding carboxylic acids is 2. The molecule has 1 aliphatic heterocycles. The van der Waals surface area contributed by atoms with Crippen molar-refractivity contribution in [1.82, 2.24) is 10.2 Å². The van der Waals surface area contributed by atoms with Crippen molar-refractivity contribution in [1.29, 1.82) is 0 Å². The predicted octanol–water partition coefficient (Wildman–Crippen LogP) is 4.78. The van der Waals surface area contributed by atoms with Crippen LogP contribution < -0.4 is 5.32 Å². The van der Waals surface area contributed by atoms with E-state index < -0.39 is 6.04 Å². The lowest BCUT2D eigenvalue weighted by Gasteiger charge is -2.31. The van der Waals surface area contributed by atoms with E-state index in [9.17, 15) is 9.59 Å². The highest BCUT2D eigenvalue weighted by molar-refractivity contribution is 7.10. The molecule has 2 heterocycles. The zero-order valence-electron chi connectivity index (χ0n) is 15.3. The van der Waals surface area contributed by atoms with Gasteiger partial charge in [-0.2, -0.15) is 0 Å². The maximum Gasteiger partial charge on any atom is 0.253 e. The topological polar surface area (TPSA) is 49.4 Å². The van der Waals surface area contributed by atoms with Crippen LogP contribution in [0.3, 0.4) is 0 Å². The highest BCUT2D eigenvalue weighted by Gasteiger charge is 2.30. The van der Waals surface area contributed by atoms with Crippen LogP contribution in [0.1, 0.15) is 41.1 Å². The van der Waals surface area contributed by atoms with Gasteiger partial charge in [0.15, 0.2) is 0 Å². The molecule has 1 aromatic carbocycles. The number of nitrogens with one attached hydrogen (secondary N) is 1. The lowest BCUT2D eigenvalue weighted by atomic mass is 10.0. The first-order valence-corrected chi connectivity index (χ1v) is 10.6. The summed E-state index contributed by atoms with van der Waals surface area (Å²) in [5.41, 5.74) is 1.52. The molecule has 3 rings (SSSR count). The molecule has 1 aromatic heterocycles. The van der Waals surface area contributed by atoms with Gasteiger partial charge < -0.3 is 10.2 Å². The quantitative estimate of drug-likeness (QED) is 0.749. The van der Waals surface area contributed by atoms with Crippen molar-refractivity contribution in [2.75, 3.05) is 6.54 Å². The molecule has 0 spiro atoms. The van der Waals surface area contributed by atoms with Crippen molar-refractivity contribution in [3.8, 4) is 0 Å². The standard InChI is InChI=1S/C20H22Cl2N2O2S/c1-12(2)9-17(23-19(25)15-4-3-14(21)10-16(15)22)20(26)24-7-5-18-13(11-24)6-8-27-18/h3-4,6,8,10,12,17H,5,7,9,11H2,1-2H3,(H,23,25). The lowest BCUT2D eigenvalue weighted by Crippen LogP contribution is -2.50.